The van der Waals surface area contributed by atoms with Crippen molar-refractivity contribution in [1.82, 2.24) is 0 Å². The van der Waals surface area contributed by atoms with Crippen molar-refractivity contribution in [1.29, 1.82) is 0 Å². The van der Waals surface area contributed by atoms with Crippen LogP contribution in [0.15, 0.2) is 24.3 Å². The maximum absolute atomic E-state index is 13.4. The van der Waals surface area contributed by atoms with E-state index in [1.165, 1.54) is 0 Å². The van der Waals surface area contributed by atoms with Crippen LogP contribution < -0.4 is 0 Å². The molecule has 2 unspecified atom stereocenters. The summed E-state index contributed by atoms with van der Waals surface area (Å²) >= 11 is 0. The van der Waals surface area contributed by atoms with Crippen molar-refractivity contribution in [2.45, 2.75) is 58.0 Å². The quantitative estimate of drug-likeness (QED) is 0.802. The van der Waals surface area contributed by atoms with Crippen LogP contribution in [0.25, 0.3) is 0 Å². The van der Waals surface area contributed by atoms with E-state index in [0.717, 1.165) is 12.7 Å². The number of aliphatic hydroxyl groups is 1. The van der Waals surface area contributed by atoms with Crippen LogP contribution >= 0.6 is 0 Å². The third-order valence-electron chi connectivity index (χ3n) is 4.10. The molecule has 0 radical (unpaired) electrons. The third-order valence-corrected chi connectivity index (χ3v) is 4.10. The van der Waals surface area contributed by atoms with Crippen LogP contribution in [0.2, 0.25) is 0 Å². The summed E-state index contributed by atoms with van der Waals surface area (Å²) in [6.07, 6.45) is -2.51. The van der Waals surface area contributed by atoms with E-state index in [2.05, 4.69) is 4.74 Å². The molecular weight excluding hydrogens is 302 g/mol. The number of benzene rings is 1. The normalized spacial score (nSPS) is 16.0. The largest absolute Gasteiger partial charge is 0.469 e. The zero-order valence-corrected chi connectivity index (χ0v) is 14.4. The van der Waals surface area contributed by atoms with Crippen LogP contribution in [0.1, 0.15) is 51.7 Å². The second-order valence-corrected chi connectivity index (χ2v) is 6.84. The standard InChI is InChI=1S/C18H26F2O3/c1-6-11-18(22,14(15(19)20)16(21)23-5)13-9-7-12(8-10-13)17(2,3)4/h7-10,14-15,22H,6,11H2,1-5H3. The van der Waals surface area contributed by atoms with Gasteiger partial charge in [0.15, 0.2) is 5.92 Å². The molecule has 1 aromatic rings. The Balaban J connectivity index is 3.34. The smallest absolute Gasteiger partial charge is 0.317 e. The monoisotopic (exact) mass is 328 g/mol. The van der Waals surface area contributed by atoms with E-state index >= 15 is 0 Å². The Morgan fingerprint density at radius 1 is 1.17 bits per heavy atom. The average Bonchev–Trinajstić information content (AvgIpc) is 2.46. The fourth-order valence-electron chi connectivity index (χ4n) is 2.75. The minimum Gasteiger partial charge on any atom is -0.469 e. The molecule has 0 saturated heterocycles. The van der Waals surface area contributed by atoms with Gasteiger partial charge in [-0.25, -0.2) is 8.78 Å². The van der Waals surface area contributed by atoms with Gasteiger partial charge in [0, 0.05) is 0 Å². The molecule has 0 aliphatic carbocycles. The first kappa shape index (κ1) is 19.6. The van der Waals surface area contributed by atoms with Crippen molar-refractivity contribution < 1.29 is 23.4 Å². The number of methoxy groups -OCH3 is 1. The van der Waals surface area contributed by atoms with Crippen molar-refractivity contribution in [2.75, 3.05) is 7.11 Å². The molecule has 2 atom stereocenters. The number of halogens is 2. The molecule has 23 heavy (non-hydrogen) atoms. The van der Waals surface area contributed by atoms with Crippen LogP contribution in [0.3, 0.4) is 0 Å². The Kier molecular flexibility index (Phi) is 6.28. The van der Waals surface area contributed by atoms with Gasteiger partial charge in [-0.3, -0.25) is 4.79 Å². The highest BCUT2D eigenvalue weighted by Gasteiger charge is 2.48. The number of hydrogen-bond donors (Lipinski definition) is 1. The topological polar surface area (TPSA) is 46.5 Å². The molecule has 0 aliphatic heterocycles. The molecule has 0 amide bonds. The minimum absolute atomic E-state index is 0.0476. The van der Waals surface area contributed by atoms with E-state index in [1.54, 1.807) is 31.2 Å². The van der Waals surface area contributed by atoms with Gasteiger partial charge in [-0.15, -0.1) is 0 Å². The number of carbonyl (C=O) groups is 1. The summed E-state index contributed by atoms with van der Waals surface area (Å²) in [5.74, 6) is -3.01. The predicted molar refractivity (Wildman–Crippen MR) is 85.5 cm³/mol. The summed E-state index contributed by atoms with van der Waals surface area (Å²) in [5.41, 5.74) is -0.715. The van der Waals surface area contributed by atoms with Crippen molar-refractivity contribution in [3.8, 4) is 0 Å². The fourth-order valence-corrected chi connectivity index (χ4v) is 2.75. The zero-order chi connectivity index (χ0) is 17.8. The maximum atomic E-state index is 13.4. The summed E-state index contributed by atoms with van der Waals surface area (Å²) in [6, 6.07) is 6.84. The van der Waals surface area contributed by atoms with E-state index in [9.17, 15) is 18.7 Å². The van der Waals surface area contributed by atoms with Crippen LogP contribution in [-0.4, -0.2) is 24.6 Å². The Labute approximate surface area is 136 Å². The van der Waals surface area contributed by atoms with Crippen LogP contribution in [-0.2, 0) is 20.5 Å². The van der Waals surface area contributed by atoms with Gasteiger partial charge in [0.1, 0.15) is 5.60 Å². The molecular formula is C18H26F2O3. The second kappa shape index (κ2) is 7.39. The number of alkyl halides is 2. The molecule has 0 fully saturated rings. The molecule has 130 valence electrons. The lowest BCUT2D eigenvalue weighted by Gasteiger charge is -2.35. The summed E-state index contributed by atoms with van der Waals surface area (Å²) in [7, 11) is 1.05. The van der Waals surface area contributed by atoms with Gasteiger partial charge in [0.25, 0.3) is 6.43 Å². The Hall–Kier alpha value is -1.49. The average molecular weight is 328 g/mol. The van der Waals surface area contributed by atoms with Gasteiger partial charge in [0.2, 0.25) is 0 Å². The van der Waals surface area contributed by atoms with Crippen molar-refractivity contribution in [2.24, 2.45) is 5.92 Å². The number of hydrogen-bond acceptors (Lipinski definition) is 3. The fraction of sp³-hybridized carbons (Fsp3) is 0.611. The van der Waals surface area contributed by atoms with Gasteiger partial charge >= 0.3 is 5.97 Å². The van der Waals surface area contributed by atoms with E-state index in [0.29, 0.717) is 12.0 Å². The molecule has 3 nitrogen and oxygen atoms in total. The first-order chi connectivity index (χ1) is 10.6. The van der Waals surface area contributed by atoms with Crippen molar-refractivity contribution in [3.63, 3.8) is 0 Å². The van der Waals surface area contributed by atoms with Gasteiger partial charge in [-0.05, 0) is 23.0 Å². The molecule has 0 saturated carbocycles. The Bertz CT molecular complexity index is 520. The van der Waals surface area contributed by atoms with Crippen LogP contribution in [0, 0.1) is 5.92 Å². The highest BCUT2D eigenvalue weighted by Crippen LogP contribution is 2.39. The summed E-state index contributed by atoms with van der Waals surface area (Å²) in [5, 5.41) is 10.9. The molecule has 0 bridgehead atoms. The number of rotatable bonds is 6. The highest BCUT2D eigenvalue weighted by atomic mass is 19.3. The Morgan fingerprint density at radius 3 is 2.00 bits per heavy atom. The number of carbonyl (C=O) groups excluding carboxylic acids is 1. The number of esters is 1. The van der Waals surface area contributed by atoms with Gasteiger partial charge in [0.05, 0.1) is 7.11 Å². The van der Waals surface area contributed by atoms with Gasteiger partial charge < -0.3 is 9.84 Å². The minimum atomic E-state index is -3.01. The van der Waals surface area contributed by atoms with E-state index in [-0.39, 0.29) is 11.8 Å². The predicted octanol–water partition coefficient (Wildman–Crippen LogP) is 4.03. The maximum Gasteiger partial charge on any atom is 0.317 e. The lowest BCUT2D eigenvalue weighted by Crippen LogP contribution is -2.44. The molecule has 1 rings (SSSR count). The second-order valence-electron chi connectivity index (χ2n) is 6.84. The molecule has 0 aromatic heterocycles. The SMILES string of the molecule is CCCC(O)(c1ccc(C(C)(C)C)cc1)C(C(=O)OC)C(F)F. The van der Waals surface area contributed by atoms with E-state index in [4.69, 9.17) is 0 Å². The Morgan fingerprint density at radius 2 is 1.65 bits per heavy atom. The molecule has 0 aliphatic rings. The highest BCUT2D eigenvalue weighted by molar-refractivity contribution is 5.74. The summed E-state index contributed by atoms with van der Waals surface area (Å²) in [4.78, 5) is 11.8. The lowest BCUT2D eigenvalue weighted by atomic mass is 9.77. The first-order valence-corrected chi connectivity index (χ1v) is 7.77. The summed E-state index contributed by atoms with van der Waals surface area (Å²) in [6.45, 7) is 7.89. The molecule has 1 aromatic carbocycles. The van der Waals surface area contributed by atoms with E-state index < -0.39 is 23.9 Å². The van der Waals surface area contributed by atoms with Crippen molar-refractivity contribution in [3.05, 3.63) is 35.4 Å². The van der Waals surface area contributed by atoms with Crippen LogP contribution in [0.5, 0.6) is 0 Å². The molecule has 0 heterocycles. The zero-order valence-electron chi connectivity index (χ0n) is 14.4. The van der Waals surface area contributed by atoms with Gasteiger partial charge in [-0.1, -0.05) is 58.4 Å². The van der Waals surface area contributed by atoms with Crippen LogP contribution in [0.4, 0.5) is 8.78 Å². The molecule has 1 N–H and O–H groups in total. The summed E-state index contributed by atoms with van der Waals surface area (Å²) < 4.78 is 31.4. The first-order valence-electron chi connectivity index (χ1n) is 7.77. The van der Waals surface area contributed by atoms with Crippen molar-refractivity contribution >= 4 is 5.97 Å². The molecule has 0 spiro atoms. The lowest BCUT2D eigenvalue weighted by molar-refractivity contribution is -0.170. The number of ether oxygens (including phenoxy) is 1. The third kappa shape index (κ3) is 4.28. The molecule has 5 heteroatoms. The van der Waals surface area contributed by atoms with Gasteiger partial charge in [-0.2, -0.15) is 0 Å². The van der Waals surface area contributed by atoms with E-state index in [1.807, 2.05) is 20.8 Å².